The fraction of sp³-hybridized carbons (Fsp3) is 0.318. The monoisotopic (exact) mass is 476 g/mol. The van der Waals surface area contributed by atoms with Gasteiger partial charge in [-0.05, 0) is 31.2 Å². The summed E-state index contributed by atoms with van der Waals surface area (Å²) < 4.78 is 36.7. The Morgan fingerprint density at radius 3 is 2.45 bits per heavy atom. The molecule has 0 aliphatic carbocycles. The molecule has 0 fully saturated rings. The minimum Gasteiger partial charge on any atom is -0.488 e. The van der Waals surface area contributed by atoms with E-state index in [4.69, 9.17) is 14.2 Å². The van der Waals surface area contributed by atoms with E-state index >= 15 is 0 Å². The van der Waals surface area contributed by atoms with Gasteiger partial charge in [-0.1, -0.05) is 6.92 Å². The first-order valence-electron chi connectivity index (χ1n) is 10.1. The molecule has 1 atom stereocenters. The SMILES string of the molecule is CCS(C)(=O)=O.COCC(C)Oc1cc(Oc2cccnc2)cc(C(=O)Nc2ccn[nH]2)c1. The number of hydrogen-bond acceptors (Lipinski definition) is 8. The van der Waals surface area contributed by atoms with Gasteiger partial charge in [0.2, 0.25) is 0 Å². The molecule has 0 radical (unpaired) electrons. The van der Waals surface area contributed by atoms with Crippen LogP contribution in [0.25, 0.3) is 0 Å². The maximum Gasteiger partial charge on any atom is 0.257 e. The first-order valence-corrected chi connectivity index (χ1v) is 12.1. The molecule has 0 spiro atoms. The molecule has 178 valence electrons. The summed E-state index contributed by atoms with van der Waals surface area (Å²) in [6, 6.07) is 10.2. The number of nitrogens with one attached hydrogen (secondary N) is 2. The third-order valence-electron chi connectivity index (χ3n) is 4.02. The van der Waals surface area contributed by atoms with E-state index in [0.29, 0.717) is 35.2 Å². The summed E-state index contributed by atoms with van der Waals surface area (Å²) in [5.41, 5.74) is 0.380. The normalized spacial score (nSPS) is 11.6. The average molecular weight is 477 g/mol. The van der Waals surface area contributed by atoms with Crippen molar-refractivity contribution >= 4 is 21.6 Å². The first kappa shape index (κ1) is 25.8. The highest BCUT2D eigenvalue weighted by Crippen LogP contribution is 2.28. The molecule has 1 aromatic carbocycles. The molecule has 3 aromatic rings. The summed E-state index contributed by atoms with van der Waals surface area (Å²) in [5, 5.41) is 9.23. The van der Waals surface area contributed by atoms with Gasteiger partial charge in [-0.15, -0.1) is 0 Å². The lowest BCUT2D eigenvalue weighted by molar-refractivity contribution is 0.0915. The summed E-state index contributed by atoms with van der Waals surface area (Å²) in [4.78, 5) is 16.6. The van der Waals surface area contributed by atoms with Crippen molar-refractivity contribution in [3.8, 4) is 17.2 Å². The highest BCUT2D eigenvalue weighted by atomic mass is 32.2. The van der Waals surface area contributed by atoms with Crippen LogP contribution < -0.4 is 14.8 Å². The van der Waals surface area contributed by atoms with Gasteiger partial charge in [-0.3, -0.25) is 14.9 Å². The lowest BCUT2D eigenvalue weighted by Gasteiger charge is -2.16. The van der Waals surface area contributed by atoms with E-state index in [9.17, 15) is 13.2 Å². The number of rotatable bonds is 9. The lowest BCUT2D eigenvalue weighted by Crippen LogP contribution is -2.18. The molecular weight excluding hydrogens is 448 g/mol. The van der Waals surface area contributed by atoms with E-state index in [1.807, 2.05) is 6.92 Å². The second-order valence-electron chi connectivity index (χ2n) is 7.01. The van der Waals surface area contributed by atoms with Crippen molar-refractivity contribution < 1.29 is 27.4 Å². The Kier molecular flexibility index (Phi) is 9.83. The predicted molar refractivity (Wildman–Crippen MR) is 125 cm³/mol. The highest BCUT2D eigenvalue weighted by molar-refractivity contribution is 7.90. The number of hydrogen-bond donors (Lipinski definition) is 2. The fourth-order valence-corrected chi connectivity index (χ4v) is 2.39. The number of aromatic amines is 1. The van der Waals surface area contributed by atoms with E-state index in [2.05, 4.69) is 20.5 Å². The number of ether oxygens (including phenoxy) is 3. The highest BCUT2D eigenvalue weighted by Gasteiger charge is 2.14. The van der Waals surface area contributed by atoms with Gasteiger partial charge in [-0.2, -0.15) is 5.10 Å². The van der Waals surface area contributed by atoms with Crippen LogP contribution in [0.2, 0.25) is 0 Å². The number of H-pyrrole nitrogens is 1. The van der Waals surface area contributed by atoms with Crippen molar-refractivity contribution in [1.29, 1.82) is 0 Å². The summed E-state index contributed by atoms with van der Waals surface area (Å²) >= 11 is 0. The zero-order valence-corrected chi connectivity index (χ0v) is 19.8. The van der Waals surface area contributed by atoms with Crippen molar-refractivity contribution in [2.45, 2.75) is 20.0 Å². The molecule has 0 bridgehead atoms. The van der Waals surface area contributed by atoms with E-state index in [0.717, 1.165) is 0 Å². The summed E-state index contributed by atoms with van der Waals surface area (Å²) in [7, 11) is -1.06. The number of aromatic nitrogens is 3. The molecule has 1 unspecified atom stereocenters. The third kappa shape index (κ3) is 9.71. The van der Waals surface area contributed by atoms with E-state index in [1.54, 1.807) is 69.0 Å². The van der Waals surface area contributed by atoms with Crippen molar-refractivity contribution in [2.24, 2.45) is 0 Å². The topological polar surface area (TPSA) is 133 Å². The Labute approximate surface area is 193 Å². The van der Waals surface area contributed by atoms with Gasteiger partial charge in [0.15, 0.2) is 0 Å². The quantitative estimate of drug-likeness (QED) is 0.481. The average Bonchev–Trinajstić information content (AvgIpc) is 3.27. The Balaban J connectivity index is 0.000000569. The molecule has 1 amide bonds. The zero-order valence-electron chi connectivity index (χ0n) is 18.9. The molecule has 2 N–H and O–H groups in total. The minimum absolute atomic E-state index is 0.188. The van der Waals surface area contributed by atoms with Crippen LogP contribution in [-0.4, -0.2) is 61.3 Å². The van der Waals surface area contributed by atoms with E-state index in [-0.39, 0.29) is 17.8 Å². The third-order valence-corrected chi connectivity index (χ3v) is 5.07. The molecule has 33 heavy (non-hydrogen) atoms. The largest absolute Gasteiger partial charge is 0.488 e. The summed E-state index contributed by atoms with van der Waals surface area (Å²) in [6.45, 7) is 3.92. The standard InChI is InChI=1S/C19H20N4O4.C3H8O2S/c1-13(12-25-2)26-16-8-14(19(24)22-18-5-7-21-23-18)9-17(10-16)27-15-4-3-6-20-11-15;1-3-6(2,4)5/h3-11,13H,12H2,1-2H3,(H2,21,22,23,24);3H2,1-2H3. The second-order valence-corrected chi connectivity index (χ2v) is 9.44. The Morgan fingerprint density at radius 2 is 1.88 bits per heavy atom. The smallest absolute Gasteiger partial charge is 0.257 e. The van der Waals surface area contributed by atoms with Gasteiger partial charge in [0.05, 0.1) is 19.0 Å². The molecule has 0 saturated heterocycles. The van der Waals surface area contributed by atoms with Crippen molar-refractivity contribution in [1.82, 2.24) is 15.2 Å². The van der Waals surface area contributed by atoms with Crippen molar-refractivity contribution in [3.63, 3.8) is 0 Å². The van der Waals surface area contributed by atoms with Crippen LogP contribution in [0.4, 0.5) is 5.82 Å². The number of amides is 1. The van der Waals surface area contributed by atoms with Crippen LogP contribution in [0, 0.1) is 0 Å². The summed E-state index contributed by atoms with van der Waals surface area (Å²) in [5.74, 6) is 1.93. The molecule has 10 nitrogen and oxygen atoms in total. The van der Waals surface area contributed by atoms with Crippen LogP contribution >= 0.6 is 0 Å². The number of pyridine rings is 1. The van der Waals surface area contributed by atoms with Crippen LogP contribution in [-0.2, 0) is 14.6 Å². The van der Waals surface area contributed by atoms with Gasteiger partial charge in [0, 0.05) is 43.0 Å². The maximum absolute atomic E-state index is 12.6. The summed E-state index contributed by atoms with van der Waals surface area (Å²) in [6.07, 6.45) is 5.83. The van der Waals surface area contributed by atoms with Crippen molar-refractivity contribution in [3.05, 3.63) is 60.6 Å². The van der Waals surface area contributed by atoms with Crippen LogP contribution in [0.3, 0.4) is 0 Å². The Bertz CT molecular complexity index is 1110. The predicted octanol–water partition coefficient (Wildman–Crippen LogP) is 3.31. The number of methoxy groups -OCH3 is 1. The van der Waals surface area contributed by atoms with Gasteiger partial charge >= 0.3 is 0 Å². The van der Waals surface area contributed by atoms with Gasteiger partial charge in [0.1, 0.15) is 39.0 Å². The number of carbonyl (C=O) groups is 1. The van der Waals surface area contributed by atoms with E-state index < -0.39 is 9.84 Å². The fourth-order valence-electron chi connectivity index (χ4n) is 2.39. The van der Waals surface area contributed by atoms with Crippen LogP contribution in [0.5, 0.6) is 17.2 Å². The van der Waals surface area contributed by atoms with Gasteiger partial charge in [0.25, 0.3) is 5.91 Å². The zero-order chi connectivity index (χ0) is 24.3. The lowest BCUT2D eigenvalue weighted by atomic mass is 10.2. The molecule has 0 aliphatic heterocycles. The number of carbonyl (C=O) groups excluding carboxylic acids is 1. The van der Waals surface area contributed by atoms with Gasteiger partial charge in [-0.25, -0.2) is 8.42 Å². The molecule has 11 heteroatoms. The van der Waals surface area contributed by atoms with Crippen LogP contribution in [0.1, 0.15) is 24.2 Å². The number of anilines is 1. The maximum atomic E-state index is 12.6. The Morgan fingerprint density at radius 1 is 1.15 bits per heavy atom. The van der Waals surface area contributed by atoms with Gasteiger partial charge < -0.3 is 19.5 Å². The molecule has 0 saturated carbocycles. The number of benzene rings is 1. The number of nitrogens with zero attached hydrogens (tertiary/aromatic N) is 2. The molecule has 2 heterocycles. The second kappa shape index (κ2) is 12.6. The molecule has 3 rings (SSSR count). The van der Waals surface area contributed by atoms with Crippen LogP contribution in [0.15, 0.2) is 55.0 Å². The minimum atomic E-state index is -2.66. The first-order chi connectivity index (χ1) is 15.7. The Hall–Kier alpha value is -3.44. The van der Waals surface area contributed by atoms with Crippen molar-refractivity contribution in [2.75, 3.05) is 31.0 Å². The number of sulfone groups is 1. The molecule has 2 aromatic heterocycles. The molecule has 0 aliphatic rings. The van der Waals surface area contributed by atoms with E-state index in [1.165, 1.54) is 6.26 Å². The molecular formula is C22H28N4O6S.